The average molecular weight is 537 g/mol. The van der Waals surface area contributed by atoms with Crippen LogP contribution in [0.25, 0.3) is 0 Å². The van der Waals surface area contributed by atoms with Crippen LogP contribution in [0.15, 0.2) is 12.2 Å². The van der Waals surface area contributed by atoms with E-state index in [0.717, 1.165) is 32.1 Å². The Morgan fingerprint density at radius 1 is 0.579 bits per heavy atom. The number of hydrogen-bond acceptors (Lipinski definition) is 3. The van der Waals surface area contributed by atoms with Crippen LogP contribution in [0.1, 0.15) is 181 Å². The largest absolute Gasteiger partial charge is 0.481 e. The molecule has 0 amide bonds. The van der Waals surface area contributed by atoms with Gasteiger partial charge in [0.25, 0.3) is 0 Å². The van der Waals surface area contributed by atoms with E-state index < -0.39 is 11.9 Å². The molecule has 0 aromatic heterocycles. The second kappa shape index (κ2) is 30.2. The summed E-state index contributed by atoms with van der Waals surface area (Å²) in [5, 5.41) is 9.04. The van der Waals surface area contributed by atoms with Gasteiger partial charge in [0.2, 0.25) is 0 Å². The van der Waals surface area contributed by atoms with E-state index in [9.17, 15) is 9.59 Å². The fourth-order valence-corrected chi connectivity index (χ4v) is 5.06. The van der Waals surface area contributed by atoms with Gasteiger partial charge < -0.3 is 9.84 Å². The van der Waals surface area contributed by atoms with E-state index in [0.29, 0.717) is 13.0 Å². The van der Waals surface area contributed by atoms with E-state index in [1.54, 1.807) is 0 Å². The zero-order valence-corrected chi connectivity index (χ0v) is 25.5. The minimum absolute atomic E-state index is 0.118. The minimum Gasteiger partial charge on any atom is -0.481 e. The molecule has 38 heavy (non-hydrogen) atoms. The van der Waals surface area contributed by atoms with Crippen molar-refractivity contribution < 1.29 is 19.4 Å². The number of carbonyl (C=O) groups excluding carboxylic acids is 1. The molecule has 0 saturated carbocycles. The smallest absolute Gasteiger partial charge is 0.309 e. The summed E-state index contributed by atoms with van der Waals surface area (Å²) in [6, 6.07) is 0. The van der Waals surface area contributed by atoms with Gasteiger partial charge in [-0.15, -0.1) is 0 Å². The quantitative estimate of drug-likeness (QED) is 0.0563. The predicted octanol–water partition coefficient (Wildman–Crippen LogP) is 11.0. The molecular weight excluding hydrogens is 472 g/mol. The molecule has 0 aliphatic heterocycles. The second-order valence-corrected chi connectivity index (χ2v) is 11.4. The molecular formula is C34H64O4. The first-order chi connectivity index (χ1) is 18.6. The molecule has 0 aromatic rings. The van der Waals surface area contributed by atoms with Crippen LogP contribution in [0.2, 0.25) is 0 Å². The number of allylic oxidation sites excluding steroid dienone is 2. The van der Waals surface area contributed by atoms with Crippen molar-refractivity contribution in [2.75, 3.05) is 6.61 Å². The molecule has 0 bridgehead atoms. The van der Waals surface area contributed by atoms with E-state index >= 15 is 0 Å². The van der Waals surface area contributed by atoms with E-state index in [4.69, 9.17) is 9.84 Å². The molecule has 1 N–H and O–H groups in total. The highest BCUT2D eigenvalue weighted by atomic mass is 16.5. The number of hydrogen-bond donors (Lipinski definition) is 1. The van der Waals surface area contributed by atoms with Crippen LogP contribution in [0.5, 0.6) is 0 Å². The maximum absolute atomic E-state index is 12.0. The molecule has 1 atom stereocenters. The molecule has 0 saturated heterocycles. The van der Waals surface area contributed by atoms with Crippen molar-refractivity contribution in [1.29, 1.82) is 0 Å². The highest BCUT2D eigenvalue weighted by molar-refractivity contribution is 5.79. The first kappa shape index (κ1) is 36.7. The first-order valence-electron chi connectivity index (χ1n) is 16.6. The molecule has 4 nitrogen and oxygen atoms in total. The zero-order chi connectivity index (χ0) is 27.9. The van der Waals surface area contributed by atoms with Gasteiger partial charge in [0.05, 0.1) is 18.9 Å². The van der Waals surface area contributed by atoms with Gasteiger partial charge in [-0.25, -0.2) is 0 Å². The first-order valence-corrected chi connectivity index (χ1v) is 16.6. The summed E-state index contributed by atoms with van der Waals surface area (Å²) < 4.78 is 5.15. The van der Waals surface area contributed by atoms with Gasteiger partial charge in [-0.05, 0) is 38.5 Å². The Bertz CT molecular complexity index is 543. The Hall–Kier alpha value is -1.32. The fraction of sp³-hybridized carbons (Fsp3) is 0.882. The summed E-state index contributed by atoms with van der Waals surface area (Å²) >= 11 is 0. The Balaban J connectivity index is 3.39. The average Bonchev–Trinajstić information content (AvgIpc) is 2.90. The lowest BCUT2D eigenvalue weighted by Gasteiger charge is -2.13. The van der Waals surface area contributed by atoms with Crippen molar-refractivity contribution >= 4 is 11.9 Å². The fourth-order valence-electron chi connectivity index (χ4n) is 5.06. The van der Waals surface area contributed by atoms with Crippen LogP contribution >= 0.6 is 0 Å². The second-order valence-electron chi connectivity index (χ2n) is 11.4. The Morgan fingerprint density at radius 3 is 1.37 bits per heavy atom. The lowest BCUT2D eigenvalue weighted by Crippen LogP contribution is -2.21. The van der Waals surface area contributed by atoms with E-state index in [2.05, 4.69) is 19.1 Å². The van der Waals surface area contributed by atoms with Gasteiger partial charge in [0.15, 0.2) is 0 Å². The number of unbranched alkanes of at least 4 members (excludes halogenated alkanes) is 21. The van der Waals surface area contributed by atoms with Crippen molar-refractivity contribution in [2.24, 2.45) is 5.92 Å². The molecule has 0 rings (SSSR count). The number of esters is 1. The van der Waals surface area contributed by atoms with E-state index in [1.165, 1.54) is 122 Å². The molecule has 0 fully saturated rings. The Kier molecular flexibility index (Phi) is 29.2. The molecule has 4 heteroatoms. The SMILES string of the molecule is CCCCCCCCCCCCCCCCCC/C=C/CCCCCCCC(CC(=O)O)C(=O)OCCC. The Morgan fingerprint density at radius 2 is 0.974 bits per heavy atom. The van der Waals surface area contributed by atoms with E-state index in [-0.39, 0.29) is 12.4 Å². The number of carboxylic acid groups (broad SMARTS) is 1. The lowest BCUT2D eigenvalue weighted by atomic mass is 9.97. The van der Waals surface area contributed by atoms with Gasteiger partial charge in [0, 0.05) is 0 Å². The van der Waals surface area contributed by atoms with Crippen molar-refractivity contribution in [2.45, 2.75) is 181 Å². The maximum atomic E-state index is 12.0. The van der Waals surface area contributed by atoms with Crippen LogP contribution in [0.3, 0.4) is 0 Å². The summed E-state index contributed by atoms with van der Waals surface area (Å²) in [4.78, 5) is 23.0. The van der Waals surface area contributed by atoms with E-state index in [1.807, 2.05) is 6.92 Å². The van der Waals surface area contributed by atoms with Crippen LogP contribution in [0, 0.1) is 5.92 Å². The van der Waals surface area contributed by atoms with Gasteiger partial charge in [0.1, 0.15) is 0 Å². The van der Waals surface area contributed by atoms with Crippen molar-refractivity contribution in [3.8, 4) is 0 Å². The molecule has 0 aliphatic carbocycles. The maximum Gasteiger partial charge on any atom is 0.309 e. The highest BCUT2D eigenvalue weighted by Gasteiger charge is 2.22. The summed E-state index contributed by atoms with van der Waals surface area (Å²) in [5.74, 6) is -1.76. The third-order valence-corrected chi connectivity index (χ3v) is 7.52. The third kappa shape index (κ3) is 27.7. The van der Waals surface area contributed by atoms with Crippen LogP contribution in [0.4, 0.5) is 0 Å². The summed E-state index contributed by atoms with van der Waals surface area (Å²) in [7, 11) is 0. The predicted molar refractivity (Wildman–Crippen MR) is 163 cm³/mol. The summed E-state index contributed by atoms with van der Waals surface area (Å²) in [5.41, 5.74) is 0. The number of carbonyl (C=O) groups is 2. The third-order valence-electron chi connectivity index (χ3n) is 7.52. The Labute approximate surface area is 236 Å². The summed E-state index contributed by atoms with van der Waals surface area (Å²) in [6.07, 6.45) is 36.6. The van der Waals surface area contributed by atoms with Crippen LogP contribution < -0.4 is 0 Å². The van der Waals surface area contributed by atoms with Crippen molar-refractivity contribution in [1.82, 2.24) is 0 Å². The molecule has 1 unspecified atom stereocenters. The minimum atomic E-state index is -0.921. The molecule has 224 valence electrons. The molecule has 0 spiro atoms. The highest BCUT2D eigenvalue weighted by Crippen LogP contribution is 2.18. The van der Waals surface area contributed by atoms with Gasteiger partial charge in [-0.2, -0.15) is 0 Å². The number of carboxylic acids is 1. The number of aliphatic carboxylic acids is 1. The standard InChI is InChI=1S/C34H64O4/c1-3-5-6-7-8-9-10-11-12-13-14-15-16-17-18-19-20-21-22-23-24-25-26-27-28-29-32(31-33(35)36)34(37)38-30-4-2/h21-22,32H,3-20,23-31H2,1-2H3,(H,35,36)/b22-21+. The number of rotatable bonds is 30. The van der Waals surface area contributed by atoms with Gasteiger partial charge in [-0.1, -0.05) is 148 Å². The lowest BCUT2D eigenvalue weighted by molar-refractivity contribution is -0.153. The molecule has 0 heterocycles. The zero-order valence-electron chi connectivity index (χ0n) is 25.5. The molecule has 0 aliphatic rings. The number of ether oxygens (including phenoxy) is 1. The van der Waals surface area contributed by atoms with Crippen LogP contribution in [-0.2, 0) is 14.3 Å². The normalized spacial score (nSPS) is 12.3. The van der Waals surface area contributed by atoms with Gasteiger partial charge in [-0.3, -0.25) is 9.59 Å². The molecule has 0 aromatic carbocycles. The van der Waals surface area contributed by atoms with Crippen LogP contribution in [-0.4, -0.2) is 23.7 Å². The monoisotopic (exact) mass is 536 g/mol. The van der Waals surface area contributed by atoms with Gasteiger partial charge >= 0.3 is 11.9 Å². The van der Waals surface area contributed by atoms with Crippen molar-refractivity contribution in [3.05, 3.63) is 12.2 Å². The summed E-state index contributed by atoms with van der Waals surface area (Å²) in [6.45, 7) is 4.61. The topological polar surface area (TPSA) is 63.6 Å². The molecule has 0 radical (unpaired) electrons. The van der Waals surface area contributed by atoms with Crippen molar-refractivity contribution in [3.63, 3.8) is 0 Å².